The molecule has 0 radical (unpaired) electrons. The molecule has 0 aromatic heterocycles. The van der Waals surface area contributed by atoms with Crippen LogP contribution in [0.5, 0.6) is 0 Å². The van der Waals surface area contributed by atoms with Gasteiger partial charge in [-0.05, 0) is 19.1 Å². The van der Waals surface area contributed by atoms with E-state index < -0.39 is 24.5 Å². The molecular weight excluding hydrogens is 260 g/mol. The van der Waals surface area contributed by atoms with Crippen molar-refractivity contribution in [3.8, 4) is 0 Å². The first-order valence-corrected chi connectivity index (χ1v) is 6.34. The highest BCUT2D eigenvalue weighted by Crippen LogP contribution is 2.17. The van der Waals surface area contributed by atoms with Crippen molar-refractivity contribution in [1.82, 2.24) is 5.32 Å². The summed E-state index contributed by atoms with van der Waals surface area (Å²) in [6.45, 7) is 2.81. The number of hydrogen-bond donors (Lipinski definition) is 2. The van der Waals surface area contributed by atoms with Gasteiger partial charge < -0.3 is 15.3 Å². The minimum Gasteiger partial charge on any atom is -0.480 e. The molecular formula is C14H18N2O4. The highest BCUT2D eigenvalue weighted by molar-refractivity contribution is 6.00. The maximum atomic E-state index is 12.0. The minimum absolute atomic E-state index is 0.200. The summed E-state index contributed by atoms with van der Waals surface area (Å²) in [5.74, 6) is -1.83. The van der Waals surface area contributed by atoms with Crippen LogP contribution >= 0.6 is 0 Å². The van der Waals surface area contributed by atoms with Crippen LogP contribution in [0, 0.1) is 0 Å². The Labute approximate surface area is 117 Å². The van der Waals surface area contributed by atoms with E-state index in [9.17, 15) is 14.4 Å². The first-order chi connectivity index (χ1) is 9.47. The maximum absolute atomic E-state index is 12.0. The van der Waals surface area contributed by atoms with Crippen molar-refractivity contribution < 1.29 is 19.5 Å². The van der Waals surface area contributed by atoms with Gasteiger partial charge in [-0.3, -0.25) is 14.4 Å². The molecule has 0 heterocycles. The zero-order valence-electron chi connectivity index (χ0n) is 11.5. The van der Waals surface area contributed by atoms with Crippen LogP contribution in [0.15, 0.2) is 30.3 Å². The van der Waals surface area contributed by atoms with Gasteiger partial charge in [0.2, 0.25) is 11.8 Å². The molecule has 0 fully saturated rings. The number of para-hydroxylation sites is 1. The molecule has 2 amide bonds. The van der Waals surface area contributed by atoms with Crippen molar-refractivity contribution in [2.75, 3.05) is 11.4 Å². The molecule has 6 nitrogen and oxygen atoms in total. The smallest absolute Gasteiger partial charge is 0.322 e. The van der Waals surface area contributed by atoms with Crippen molar-refractivity contribution >= 4 is 23.5 Å². The Hall–Kier alpha value is -2.37. The Morgan fingerprint density at radius 2 is 1.85 bits per heavy atom. The van der Waals surface area contributed by atoms with Gasteiger partial charge in [-0.25, -0.2) is 0 Å². The van der Waals surface area contributed by atoms with Gasteiger partial charge in [0.25, 0.3) is 0 Å². The van der Waals surface area contributed by atoms with Gasteiger partial charge in [0.1, 0.15) is 12.6 Å². The molecule has 108 valence electrons. The summed E-state index contributed by atoms with van der Waals surface area (Å²) >= 11 is 0. The van der Waals surface area contributed by atoms with Gasteiger partial charge >= 0.3 is 5.97 Å². The van der Waals surface area contributed by atoms with Crippen LogP contribution in [0.3, 0.4) is 0 Å². The fourth-order valence-corrected chi connectivity index (χ4v) is 1.77. The normalized spacial score (nSPS) is 11.5. The topological polar surface area (TPSA) is 86.7 Å². The molecule has 0 aliphatic carbocycles. The lowest BCUT2D eigenvalue weighted by Crippen LogP contribution is -2.49. The highest BCUT2D eigenvalue weighted by Gasteiger charge is 2.26. The first-order valence-electron chi connectivity index (χ1n) is 6.34. The Bertz CT molecular complexity index is 487. The number of carbonyl (C=O) groups is 3. The van der Waals surface area contributed by atoms with Crippen molar-refractivity contribution in [3.63, 3.8) is 0 Å². The fraction of sp³-hybridized carbons (Fsp3) is 0.357. The number of carboxylic acids is 1. The number of benzene rings is 1. The van der Waals surface area contributed by atoms with Crippen LogP contribution in [0.2, 0.25) is 0 Å². The van der Waals surface area contributed by atoms with Gasteiger partial charge in [0.15, 0.2) is 0 Å². The number of aliphatic carboxylic acids is 1. The zero-order valence-corrected chi connectivity index (χ0v) is 11.5. The predicted octanol–water partition coefficient (Wildman–Crippen LogP) is 1.02. The number of nitrogens with one attached hydrogen (secondary N) is 1. The summed E-state index contributed by atoms with van der Waals surface area (Å²) < 4.78 is 0. The van der Waals surface area contributed by atoms with Crippen LogP contribution < -0.4 is 10.2 Å². The number of carbonyl (C=O) groups excluding carboxylic acids is 2. The van der Waals surface area contributed by atoms with E-state index in [0.717, 1.165) is 0 Å². The van der Waals surface area contributed by atoms with Gasteiger partial charge in [0, 0.05) is 12.1 Å². The Balaban J connectivity index is 2.91. The standard InChI is InChI=1S/C14H18N2O4/c1-3-12(17)16(11-7-5-4-6-8-11)10(2)14(20)15-9-13(18)19/h4-8,10H,3,9H2,1-2H3,(H,15,20)(H,18,19)/t10-/m0/s1. The lowest BCUT2D eigenvalue weighted by atomic mass is 10.2. The summed E-state index contributed by atoms with van der Waals surface area (Å²) in [6.07, 6.45) is 0.255. The molecule has 0 saturated carbocycles. The van der Waals surface area contributed by atoms with E-state index in [2.05, 4.69) is 5.32 Å². The molecule has 0 spiro atoms. The monoisotopic (exact) mass is 278 g/mol. The number of amides is 2. The van der Waals surface area contributed by atoms with Crippen LogP contribution in [0.25, 0.3) is 0 Å². The molecule has 2 N–H and O–H groups in total. The third-order valence-electron chi connectivity index (χ3n) is 2.79. The van der Waals surface area contributed by atoms with Crippen LogP contribution in [0.4, 0.5) is 5.69 Å². The molecule has 6 heteroatoms. The second kappa shape index (κ2) is 7.28. The highest BCUT2D eigenvalue weighted by atomic mass is 16.4. The number of anilines is 1. The van der Waals surface area contributed by atoms with Crippen LogP contribution in [-0.2, 0) is 14.4 Å². The third kappa shape index (κ3) is 4.08. The van der Waals surface area contributed by atoms with E-state index >= 15 is 0 Å². The molecule has 0 aliphatic rings. The van der Waals surface area contributed by atoms with E-state index in [0.29, 0.717) is 5.69 Å². The van der Waals surface area contributed by atoms with E-state index in [1.165, 1.54) is 4.90 Å². The number of carboxylic acid groups (broad SMARTS) is 1. The fourth-order valence-electron chi connectivity index (χ4n) is 1.77. The van der Waals surface area contributed by atoms with E-state index in [1.807, 2.05) is 6.07 Å². The summed E-state index contributed by atoms with van der Waals surface area (Å²) in [7, 11) is 0. The molecule has 1 aromatic rings. The second-order valence-corrected chi connectivity index (χ2v) is 4.24. The summed E-state index contributed by atoms with van der Waals surface area (Å²) in [4.78, 5) is 35.8. The predicted molar refractivity (Wildman–Crippen MR) is 74.3 cm³/mol. The van der Waals surface area contributed by atoms with Crippen molar-refractivity contribution in [2.45, 2.75) is 26.3 Å². The van der Waals surface area contributed by atoms with E-state index in [4.69, 9.17) is 5.11 Å². The molecule has 0 aliphatic heterocycles. The minimum atomic E-state index is -1.13. The molecule has 1 rings (SSSR count). The van der Waals surface area contributed by atoms with E-state index in [-0.39, 0.29) is 12.3 Å². The second-order valence-electron chi connectivity index (χ2n) is 4.24. The van der Waals surface area contributed by atoms with Crippen LogP contribution in [-0.4, -0.2) is 35.5 Å². The van der Waals surface area contributed by atoms with Gasteiger partial charge in [-0.2, -0.15) is 0 Å². The lowest BCUT2D eigenvalue weighted by molar-refractivity contribution is -0.138. The Kier molecular flexibility index (Phi) is 5.71. The van der Waals surface area contributed by atoms with Crippen LogP contribution in [0.1, 0.15) is 20.3 Å². The molecule has 0 bridgehead atoms. The number of rotatable bonds is 6. The van der Waals surface area contributed by atoms with E-state index in [1.54, 1.807) is 38.1 Å². The molecule has 20 heavy (non-hydrogen) atoms. The Morgan fingerprint density at radius 1 is 1.25 bits per heavy atom. The van der Waals surface area contributed by atoms with Gasteiger partial charge in [0.05, 0.1) is 0 Å². The first kappa shape index (κ1) is 15.7. The molecule has 1 aromatic carbocycles. The third-order valence-corrected chi connectivity index (χ3v) is 2.79. The average molecular weight is 278 g/mol. The molecule has 0 saturated heterocycles. The zero-order chi connectivity index (χ0) is 15.1. The van der Waals surface area contributed by atoms with Gasteiger partial charge in [-0.15, -0.1) is 0 Å². The van der Waals surface area contributed by atoms with Gasteiger partial charge in [-0.1, -0.05) is 25.1 Å². The number of nitrogens with zero attached hydrogens (tertiary/aromatic N) is 1. The largest absolute Gasteiger partial charge is 0.480 e. The maximum Gasteiger partial charge on any atom is 0.322 e. The summed E-state index contributed by atoms with van der Waals surface area (Å²) in [5, 5.41) is 10.8. The van der Waals surface area contributed by atoms with Crippen molar-refractivity contribution in [2.24, 2.45) is 0 Å². The van der Waals surface area contributed by atoms with Crippen molar-refractivity contribution in [1.29, 1.82) is 0 Å². The quantitative estimate of drug-likeness (QED) is 0.813. The van der Waals surface area contributed by atoms with Crippen molar-refractivity contribution in [3.05, 3.63) is 30.3 Å². The Morgan fingerprint density at radius 3 is 2.35 bits per heavy atom. The number of hydrogen-bond acceptors (Lipinski definition) is 3. The SMILES string of the molecule is CCC(=O)N(c1ccccc1)[C@@H](C)C(=O)NCC(=O)O. The summed E-state index contributed by atoms with van der Waals surface area (Å²) in [5.41, 5.74) is 0.609. The average Bonchev–Trinajstić information content (AvgIpc) is 2.45. The molecule has 1 atom stereocenters. The molecule has 0 unspecified atom stereocenters. The summed E-state index contributed by atoms with van der Waals surface area (Å²) in [6, 6.07) is 8.04. The lowest BCUT2D eigenvalue weighted by Gasteiger charge is -2.28.